The lowest BCUT2D eigenvalue weighted by Crippen LogP contribution is -2.55. The number of rotatable bonds is 6. The van der Waals surface area contributed by atoms with Crippen LogP contribution in [0.4, 0.5) is 0 Å². The van der Waals surface area contributed by atoms with Crippen LogP contribution in [0.25, 0.3) is 0 Å². The molecule has 0 saturated carbocycles. The Balaban J connectivity index is 2.32. The molecule has 2 rings (SSSR count). The van der Waals surface area contributed by atoms with Crippen LogP contribution in [-0.2, 0) is 23.0 Å². The molecule has 0 aliphatic carbocycles. The monoisotopic (exact) mass is 321 g/mol. The molecule has 22 heavy (non-hydrogen) atoms. The van der Waals surface area contributed by atoms with E-state index in [9.17, 15) is 18.1 Å². The first-order chi connectivity index (χ1) is 10.3. The quantitative estimate of drug-likeness (QED) is 0.554. The average Bonchev–Trinajstić information content (AvgIpc) is 2.47. The molecule has 0 spiro atoms. The molecule has 0 saturated heterocycles. The maximum atomic E-state index is 11.5. The highest BCUT2D eigenvalue weighted by Gasteiger charge is 2.44. The van der Waals surface area contributed by atoms with Crippen LogP contribution in [0.5, 0.6) is 0 Å². The van der Waals surface area contributed by atoms with Crippen molar-refractivity contribution < 1.29 is 18.1 Å². The summed E-state index contributed by atoms with van der Waals surface area (Å²) < 4.78 is 32.2. The molecule has 2 aromatic carbocycles. The van der Waals surface area contributed by atoms with Crippen molar-refractivity contribution >= 4 is 10.1 Å². The first-order valence-electron chi connectivity index (χ1n) is 6.87. The molecule has 0 aromatic heterocycles. The summed E-state index contributed by atoms with van der Waals surface area (Å²) in [5.41, 5.74) is 7.21. The second-order valence-electron chi connectivity index (χ2n) is 5.30. The lowest BCUT2D eigenvalue weighted by Gasteiger charge is -2.30. The minimum absolute atomic E-state index is 0.225. The summed E-state index contributed by atoms with van der Waals surface area (Å²) in [6.45, 7) is 0. The highest BCUT2D eigenvalue weighted by atomic mass is 32.2. The molecule has 0 aliphatic rings. The molecule has 2 aromatic rings. The summed E-state index contributed by atoms with van der Waals surface area (Å²) >= 11 is 0. The van der Waals surface area contributed by atoms with E-state index < -0.39 is 21.1 Å². The van der Waals surface area contributed by atoms with Gasteiger partial charge in [-0.1, -0.05) is 60.7 Å². The van der Waals surface area contributed by atoms with Gasteiger partial charge in [0.05, 0.1) is 0 Å². The van der Waals surface area contributed by atoms with Gasteiger partial charge in [0.2, 0.25) is 5.06 Å². The van der Waals surface area contributed by atoms with Crippen LogP contribution in [0.2, 0.25) is 0 Å². The second kappa shape index (κ2) is 6.58. The van der Waals surface area contributed by atoms with E-state index in [1.807, 2.05) is 60.7 Å². The van der Waals surface area contributed by atoms with Gasteiger partial charge in [-0.3, -0.25) is 10.3 Å². The molecule has 0 aliphatic heterocycles. The average molecular weight is 321 g/mol. The zero-order valence-electron chi connectivity index (χ0n) is 12.0. The minimum Gasteiger partial charge on any atom is -0.361 e. The second-order valence-corrected chi connectivity index (χ2v) is 6.91. The smallest absolute Gasteiger partial charge is 0.309 e. The van der Waals surface area contributed by atoms with Gasteiger partial charge in [-0.05, 0) is 24.0 Å². The highest BCUT2D eigenvalue weighted by Crippen LogP contribution is 2.26. The summed E-state index contributed by atoms with van der Waals surface area (Å²) in [7, 11) is -4.81. The van der Waals surface area contributed by atoms with Crippen LogP contribution >= 0.6 is 0 Å². The van der Waals surface area contributed by atoms with Gasteiger partial charge in [0.1, 0.15) is 0 Å². The Morgan fingerprint density at radius 2 is 1.27 bits per heavy atom. The number of hydrogen-bond donors (Lipinski definition) is 3. The van der Waals surface area contributed by atoms with E-state index >= 15 is 0 Å². The van der Waals surface area contributed by atoms with Crippen LogP contribution in [0.3, 0.4) is 0 Å². The van der Waals surface area contributed by atoms with E-state index in [4.69, 9.17) is 5.73 Å². The van der Waals surface area contributed by atoms with E-state index in [-0.39, 0.29) is 12.8 Å². The van der Waals surface area contributed by atoms with Gasteiger partial charge >= 0.3 is 10.1 Å². The third kappa shape index (κ3) is 3.92. The standard InChI is InChI=1S/C16H19NO4S/c17-16(18,22(19,20)21)15(11-13-7-3-1-4-8-13)12-14-9-5-2-6-10-14/h1-10,15,18H,11-12,17H2,(H,19,20,21). The number of hydrogen-bond acceptors (Lipinski definition) is 4. The Morgan fingerprint density at radius 3 is 1.59 bits per heavy atom. The fourth-order valence-corrected chi connectivity index (χ4v) is 2.96. The predicted molar refractivity (Wildman–Crippen MR) is 84.5 cm³/mol. The third-order valence-electron chi connectivity index (χ3n) is 3.65. The fraction of sp³-hybridized carbons (Fsp3) is 0.250. The summed E-state index contributed by atoms with van der Waals surface area (Å²) in [4.78, 5) is 0. The van der Waals surface area contributed by atoms with Gasteiger partial charge in [-0.25, -0.2) is 0 Å². The minimum atomic E-state index is -4.81. The predicted octanol–water partition coefficient (Wildman–Crippen LogP) is 1.58. The molecular weight excluding hydrogens is 302 g/mol. The van der Waals surface area contributed by atoms with Gasteiger partial charge in [0.15, 0.2) is 0 Å². The third-order valence-corrected chi connectivity index (χ3v) is 4.81. The largest absolute Gasteiger partial charge is 0.361 e. The normalized spacial score (nSPS) is 14.7. The van der Waals surface area contributed by atoms with E-state index in [2.05, 4.69) is 0 Å². The molecule has 1 atom stereocenters. The summed E-state index contributed by atoms with van der Waals surface area (Å²) in [5, 5.41) is 7.46. The SMILES string of the molecule is NC(O)(C(Cc1ccccc1)Cc1ccccc1)S(=O)(=O)O. The zero-order chi connectivity index (χ0) is 16.2. The van der Waals surface area contributed by atoms with E-state index in [0.717, 1.165) is 11.1 Å². The molecule has 4 N–H and O–H groups in total. The molecule has 0 fully saturated rings. The van der Waals surface area contributed by atoms with Crippen molar-refractivity contribution in [3.05, 3.63) is 71.8 Å². The topological polar surface area (TPSA) is 101 Å². The summed E-state index contributed by atoms with van der Waals surface area (Å²) in [6.07, 6.45) is 0.449. The van der Waals surface area contributed by atoms with E-state index in [0.29, 0.717) is 0 Å². The lowest BCUT2D eigenvalue weighted by atomic mass is 9.91. The van der Waals surface area contributed by atoms with Gasteiger partial charge < -0.3 is 5.11 Å². The van der Waals surface area contributed by atoms with E-state index in [1.165, 1.54) is 0 Å². The Bertz CT molecular complexity index is 658. The van der Waals surface area contributed by atoms with Crippen molar-refractivity contribution in [1.82, 2.24) is 0 Å². The number of aliphatic hydroxyl groups is 1. The fourth-order valence-electron chi connectivity index (χ4n) is 2.37. The van der Waals surface area contributed by atoms with Crippen LogP contribution in [0, 0.1) is 5.92 Å². The molecule has 0 radical (unpaired) electrons. The Kier molecular flexibility index (Phi) is 4.97. The molecule has 0 heterocycles. The first kappa shape index (κ1) is 16.6. The molecule has 6 heteroatoms. The molecule has 1 unspecified atom stereocenters. The van der Waals surface area contributed by atoms with Gasteiger partial charge in [0, 0.05) is 5.92 Å². The number of benzene rings is 2. The van der Waals surface area contributed by atoms with Gasteiger partial charge in [-0.2, -0.15) is 8.42 Å². The van der Waals surface area contributed by atoms with Crippen LogP contribution in [-0.4, -0.2) is 23.1 Å². The zero-order valence-corrected chi connectivity index (χ0v) is 12.8. The summed E-state index contributed by atoms with van der Waals surface area (Å²) in [6, 6.07) is 18.2. The Hall–Kier alpha value is -1.73. The first-order valence-corrected chi connectivity index (χ1v) is 8.31. The van der Waals surface area contributed by atoms with Crippen molar-refractivity contribution in [3.8, 4) is 0 Å². The molecule has 5 nitrogen and oxygen atoms in total. The maximum Gasteiger partial charge on any atom is 0.309 e. The van der Waals surface area contributed by atoms with Gasteiger partial charge in [0.25, 0.3) is 0 Å². The van der Waals surface area contributed by atoms with Crippen molar-refractivity contribution in [2.75, 3.05) is 0 Å². The molecule has 118 valence electrons. The molecular formula is C16H19NO4S. The lowest BCUT2D eigenvalue weighted by molar-refractivity contribution is 0.0571. The van der Waals surface area contributed by atoms with Crippen molar-refractivity contribution in [2.45, 2.75) is 17.9 Å². The van der Waals surface area contributed by atoms with Crippen molar-refractivity contribution in [1.29, 1.82) is 0 Å². The van der Waals surface area contributed by atoms with Crippen molar-refractivity contribution in [3.63, 3.8) is 0 Å². The van der Waals surface area contributed by atoms with Crippen LogP contribution in [0.1, 0.15) is 11.1 Å². The summed E-state index contributed by atoms with van der Waals surface area (Å²) in [5.74, 6) is -0.882. The molecule has 0 bridgehead atoms. The van der Waals surface area contributed by atoms with Crippen LogP contribution < -0.4 is 5.73 Å². The Labute approximate surface area is 130 Å². The van der Waals surface area contributed by atoms with Crippen LogP contribution in [0.15, 0.2) is 60.7 Å². The van der Waals surface area contributed by atoms with Gasteiger partial charge in [-0.15, -0.1) is 0 Å². The molecule has 0 amide bonds. The Morgan fingerprint density at radius 1 is 0.909 bits per heavy atom. The van der Waals surface area contributed by atoms with Crippen molar-refractivity contribution in [2.24, 2.45) is 11.7 Å². The highest BCUT2D eigenvalue weighted by molar-refractivity contribution is 7.87. The van der Waals surface area contributed by atoms with E-state index in [1.54, 1.807) is 0 Å². The maximum absolute atomic E-state index is 11.5. The number of nitrogens with two attached hydrogens (primary N) is 1.